The topological polar surface area (TPSA) is 51.4 Å². The zero-order chi connectivity index (χ0) is 18.5. The molecular weight excluding hydrogens is 348 g/mol. The van der Waals surface area contributed by atoms with Crippen LogP contribution < -0.4 is 10.1 Å². The van der Waals surface area contributed by atoms with Gasteiger partial charge in [0.25, 0.3) is 0 Å². The fraction of sp³-hybridized carbons (Fsp3) is 0.200. The minimum Gasteiger partial charge on any atom is -0.437 e. The Balaban J connectivity index is 1.70. The fourth-order valence-electron chi connectivity index (χ4n) is 2.33. The predicted octanol–water partition coefficient (Wildman–Crippen LogP) is 5.48. The molecule has 0 bridgehead atoms. The van der Waals surface area contributed by atoms with Gasteiger partial charge >= 0.3 is 0 Å². The van der Waals surface area contributed by atoms with Crippen LogP contribution in [0.25, 0.3) is 5.69 Å². The number of anilines is 1. The Morgan fingerprint density at radius 1 is 1.15 bits per heavy atom. The minimum atomic E-state index is 0.266. The highest BCUT2D eigenvalue weighted by atomic mass is 35.5. The third-order valence-corrected chi connectivity index (χ3v) is 3.90. The van der Waals surface area contributed by atoms with E-state index in [1.807, 2.05) is 75.5 Å². The fourth-order valence-corrected chi connectivity index (χ4v) is 2.45. The maximum absolute atomic E-state index is 5.92. The lowest BCUT2D eigenvalue weighted by molar-refractivity contribution is 0.454. The number of aliphatic imine (C=N–C) groups is 1. The first-order valence-corrected chi connectivity index (χ1v) is 8.77. The first kappa shape index (κ1) is 18.0. The zero-order valence-electron chi connectivity index (χ0n) is 15.0. The van der Waals surface area contributed by atoms with Crippen LogP contribution in [0.15, 0.2) is 59.7 Å². The van der Waals surface area contributed by atoms with Crippen LogP contribution in [-0.2, 0) is 0 Å². The number of halogens is 1. The molecular formula is C20H21ClN4O. The quantitative estimate of drug-likeness (QED) is 0.463. The molecule has 0 amide bonds. The Labute approximate surface area is 158 Å². The van der Waals surface area contributed by atoms with Crippen molar-refractivity contribution >= 4 is 23.6 Å². The van der Waals surface area contributed by atoms with Crippen LogP contribution in [0.3, 0.4) is 0 Å². The summed E-state index contributed by atoms with van der Waals surface area (Å²) < 4.78 is 7.66. The summed E-state index contributed by atoms with van der Waals surface area (Å²) in [5, 5.41) is 8.31. The van der Waals surface area contributed by atoms with Crippen LogP contribution in [0.2, 0.25) is 5.02 Å². The van der Waals surface area contributed by atoms with Gasteiger partial charge in [0, 0.05) is 29.0 Å². The van der Waals surface area contributed by atoms with Crippen LogP contribution >= 0.6 is 11.6 Å². The van der Waals surface area contributed by atoms with Crippen LogP contribution in [-0.4, -0.2) is 22.2 Å². The Morgan fingerprint density at radius 2 is 1.92 bits per heavy atom. The summed E-state index contributed by atoms with van der Waals surface area (Å²) in [4.78, 5) is 4.29. The van der Waals surface area contributed by atoms with Gasteiger partial charge in [-0.05, 0) is 68.8 Å². The summed E-state index contributed by atoms with van der Waals surface area (Å²) >= 11 is 5.92. The van der Waals surface area contributed by atoms with Gasteiger partial charge in [-0.1, -0.05) is 11.6 Å². The monoisotopic (exact) mass is 368 g/mol. The van der Waals surface area contributed by atoms with E-state index in [1.54, 1.807) is 11.0 Å². The lowest BCUT2D eigenvalue weighted by Crippen LogP contribution is -1.99. The molecule has 0 aliphatic carbocycles. The van der Waals surface area contributed by atoms with Crippen molar-refractivity contribution in [2.24, 2.45) is 4.99 Å². The molecule has 0 unspecified atom stereocenters. The van der Waals surface area contributed by atoms with Gasteiger partial charge in [-0.25, -0.2) is 4.68 Å². The third kappa shape index (κ3) is 4.64. The largest absolute Gasteiger partial charge is 0.437 e. The highest BCUT2D eigenvalue weighted by Gasteiger charge is 2.06. The molecule has 0 aliphatic heterocycles. The second kappa shape index (κ2) is 8.06. The number of nitrogens with zero attached hydrogens (tertiary/aromatic N) is 3. The normalized spacial score (nSPS) is 11.3. The Hall–Kier alpha value is -2.79. The van der Waals surface area contributed by atoms with E-state index >= 15 is 0 Å². The van der Waals surface area contributed by atoms with Crippen molar-refractivity contribution in [2.45, 2.75) is 26.8 Å². The Kier molecular flexibility index (Phi) is 5.58. The molecule has 0 saturated carbocycles. The minimum absolute atomic E-state index is 0.266. The van der Waals surface area contributed by atoms with Crippen molar-refractivity contribution in [3.05, 3.63) is 65.3 Å². The molecule has 1 heterocycles. The second-order valence-electron chi connectivity index (χ2n) is 6.17. The molecule has 134 valence electrons. The zero-order valence-corrected chi connectivity index (χ0v) is 15.7. The van der Waals surface area contributed by atoms with Crippen LogP contribution in [0.1, 0.15) is 19.4 Å². The molecule has 0 fully saturated rings. The lowest BCUT2D eigenvalue weighted by Gasteiger charge is -2.08. The molecule has 26 heavy (non-hydrogen) atoms. The number of hydrogen-bond acceptors (Lipinski definition) is 3. The number of aromatic nitrogens is 2. The van der Waals surface area contributed by atoms with E-state index in [4.69, 9.17) is 16.3 Å². The number of aryl methyl sites for hydroxylation is 1. The van der Waals surface area contributed by atoms with Gasteiger partial charge in [-0.3, -0.25) is 4.99 Å². The summed E-state index contributed by atoms with van der Waals surface area (Å²) in [6.45, 7) is 6.06. The molecule has 3 rings (SSSR count). The van der Waals surface area contributed by atoms with Crippen molar-refractivity contribution in [3.8, 4) is 17.3 Å². The summed E-state index contributed by atoms with van der Waals surface area (Å²) in [5.74, 6) is 1.29. The van der Waals surface area contributed by atoms with Crippen molar-refractivity contribution in [2.75, 3.05) is 5.32 Å². The average molecular weight is 369 g/mol. The maximum Gasteiger partial charge on any atom is 0.238 e. The van der Waals surface area contributed by atoms with Gasteiger partial charge in [0.1, 0.15) is 5.75 Å². The van der Waals surface area contributed by atoms with E-state index in [-0.39, 0.29) is 6.04 Å². The van der Waals surface area contributed by atoms with Crippen LogP contribution in [0, 0.1) is 6.92 Å². The van der Waals surface area contributed by atoms with E-state index in [0.717, 1.165) is 22.7 Å². The van der Waals surface area contributed by atoms with Gasteiger partial charge in [0.05, 0.1) is 12.0 Å². The summed E-state index contributed by atoms with van der Waals surface area (Å²) in [7, 11) is 0. The maximum atomic E-state index is 5.92. The number of nitrogens with one attached hydrogen (secondary N) is 1. The molecule has 2 aromatic carbocycles. The molecule has 6 heteroatoms. The van der Waals surface area contributed by atoms with Gasteiger partial charge < -0.3 is 10.1 Å². The Bertz CT molecular complexity index is 900. The van der Waals surface area contributed by atoms with Crippen LogP contribution in [0.4, 0.5) is 5.69 Å². The molecule has 3 aromatic rings. The number of ether oxygens (including phenoxy) is 1. The lowest BCUT2D eigenvalue weighted by atomic mass is 10.2. The van der Waals surface area contributed by atoms with Crippen molar-refractivity contribution < 1.29 is 4.74 Å². The number of hydrogen-bond donors (Lipinski definition) is 1. The number of rotatable bonds is 6. The smallest absolute Gasteiger partial charge is 0.238 e. The highest BCUT2D eigenvalue weighted by Crippen LogP contribution is 2.26. The molecule has 1 N–H and O–H groups in total. The Morgan fingerprint density at radius 3 is 2.62 bits per heavy atom. The van der Waals surface area contributed by atoms with E-state index in [9.17, 15) is 0 Å². The molecule has 1 aromatic heterocycles. The van der Waals surface area contributed by atoms with E-state index in [0.29, 0.717) is 10.9 Å². The second-order valence-corrected chi connectivity index (χ2v) is 6.61. The summed E-state index contributed by atoms with van der Waals surface area (Å²) in [6, 6.07) is 15.4. The summed E-state index contributed by atoms with van der Waals surface area (Å²) in [5.41, 5.74) is 2.89. The molecule has 5 nitrogen and oxygen atoms in total. The van der Waals surface area contributed by atoms with Gasteiger partial charge in [-0.15, -0.1) is 5.10 Å². The molecule has 0 atom stereocenters. The molecule has 0 saturated heterocycles. The highest BCUT2D eigenvalue weighted by molar-refractivity contribution is 6.30. The first-order valence-electron chi connectivity index (χ1n) is 8.39. The van der Waals surface area contributed by atoms with Crippen molar-refractivity contribution in [3.63, 3.8) is 0 Å². The first-order chi connectivity index (χ1) is 12.5. The van der Waals surface area contributed by atoms with Gasteiger partial charge in [0.15, 0.2) is 0 Å². The molecule has 0 aliphatic rings. The average Bonchev–Trinajstić information content (AvgIpc) is 3.06. The molecule has 0 radical (unpaired) electrons. The van der Waals surface area contributed by atoms with Gasteiger partial charge in [-0.2, -0.15) is 0 Å². The molecule has 0 spiro atoms. The number of benzene rings is 2. The van der Waals surface area contributed by atoms with Crippen molar-refractivity contribution in [1.82, 2.24) is 9.78 Å². The third-order valence-electron chi connectivity index (χ3n) is 3.65. The van der Waals surface area contributed by atoms with E-state index in [1.165, 1.54) is 0 Å². The van der Waals surface area contributed by atoms with E-state index in [2.05, 4.69) is 15.4 Å². The van der Waals surface area contributed by atoms with Crippen LogP contribution in [0.5, 0.6) is 11.6 Å². The van der Waals surface area contributed by atoms with Crippen molar-refractivity contribution in [1.29, 1.82) is 0 Å². The SMILES string of the molecule is Cc1cc(NC=NC(C)C)ccc1Oc1ccn(-c2ccc(Cl)cc2)n1. The predicted molar refractivity (Wildman–Crippen MR) is 107 cm³/mol. The van der Waals surface area contributed by atoms with Gasteiger partial charge in [0.2, 0.25) is 5.88 Å². The standard InChI is InChI=1S/C20H21ClN4O/c1-14(2)22-13-23-17-6-9-19(15(3)12-17)26-20-10-11-25(24-20)18-7-4-16(21)5-8-18/h4-14H,1-3H3,(H,22,23). The summed E-state index contributed by atoms with van der Waals surface area (Å²) in [6.07, 6.45) is 3.57. The van der Waals surface area contributed by atoms with E-state index < -0.39 is 0 Å².